The zero-order valence-corrected chi connectivity index (χ0v) is 7.20. The van der Waals surface area contributed by atoms with E-state index in [1.165, 1.54) is 0 Å². The lowest BCUT2D eigenvalue weighted by atomic mass is 10.3. The molecule has 0 aromatic heterocycles. The van der Waals surface area contributed by atoms with Gasteiger partial charge in [0.15, 0.2) is 0 Å². The molecule has 0 aliphatic carbocycles. The minimum atomic E-state index is -0.563. The molecule has 1 aromatic carbocycles. The van der Waals surface area contributed by atoms with E-state index in [9.17, 15) is 4.79 Å². The summed E-state index contributed by atoms with van der Waals surface area (Å²) in [4.78, 5) is 10.9. The first-order valence-corrected chi connectivity index (χ1v) is 3.72. The molecule has 2 N–H and O–H groups in total. The predicted octanol–water partition coefficient (Wildman–Crippen LogP) is 1.20. The van der Waals surface area contributed by atoms with Crippen molar-refractivity contribution >= 4 is 11.7 Å². The van der Waals surface area contributed by atoms with Crippen molar-refractivity contribution in [2.75, 3.05) is 5.73 Å². The van der Waals surface area contributed by atoms with Crippen molar-refractivity contribution in [3.63, 3.8) is 0 Å². The van der Waals surface area contributed by atoms with Crippen LogP contribution in [0.3, 0.4) is 0 Å². The molecule has 0 saturated heterocycles. The molecule has 0 heterocycles. The van der Waals surface area contributed by atoms with E-state index >= 15 is 0 Å². The SMILES string of the molecule is CC#CC(=O)Oc1ccc(N)cc1. The molecule has 3 heteroatoms. The first-order chi connectivity index (χ1) is 6.22. The van der Waals surface area contributed by atoms with Gasteiger partial charge in [0.2, 0.25) is 0 Å². The van der Waals surface area contributed by atoms with Crippen molar-refractivity contribution in [1.29, 1.82) is 0 Å². The molecule has 66 valence electrons. The van der Waals surface area contributed by atoms with Crippen molar-refractivity contribution in [1.82, 2.24) is 0 Å². The van der Waals surface area contributed by atoms with Crippen LogP contribution in [0.15, 0.2) is 24.3 Å². The molecular weight excluding hydrogens is 166 g/mol. The van der Waals surface area contributed by atoms with E-state index in [4.69, 9.17) is 10.5 Å². The van der Waals surface area contributed by atoms with Crippen LogP contribution in [0.1, 0.15) is 6.92 Å². The van der Waals surface area contributed by atoms with E-state index < -0.39 is 5.97 Å². The molecule has 0 saturated carbocycles. The molecule has 3 nitrogen and oxygen atoms in total. The summed E-state index contributed by atoms with van der Waals surface area (Å²) < 4.78 is 4.84. The number of benzene rings is 1. The number of anilines is 1. The maximum atomic E-state index is 10.9. The van der Waals surface area contributed by atoms with Crippen molar-refractivity contribution in [2.45, 2.75) is 6.92 Å². The Morgan fingerprint density at radius 3 is 2.54 bits per heavy atom. The highest BCUT2D eigenvalue weighted by molar-refractivity contribution is 5.90. The lowest BCUT2D eigenvalue weighted by molar-refractivity contribution is -0.128. The highest BCUT2D eigenvalue weighted by atomic mass is 16.5. The van der Waals surface area contributed by atoms with E-state index in [0.29, 0.717) is 11.4 Å². The fourth-order valence-corrected chi connectivity index (χ4v) is 0.770. The molecule has 0 aliphatic heterocycles. The van der Waals surface area contributed by atoms with E-state index in [2.05, 4.69) is 11.8 Å². The molecule has 1 rings (SSSR count). The summed E-state index contributed by atoms with van der Waals surface area (Å²) in [7, 11) is 0. The number of carbonyl (C=O) groups is 1. The number of nitrogen functional groups attached to an aromatic ring is 1. The second-order valence-electron chi connectivity index (χ2n) is 2.33. The maximum absolute atomic E-state index is 10.9. The summed E-state index contributed by atoms with van der Waals surface area (Å²) in [6, 6.07) is 6.54. The van der Waals surface area contributed by atoms with Gasteiger partial charge in [-0.15, -0.1) is 0 Å². The molecule has 0 aliphatic rings. The van der Waals surface area contributed by atoms with E-state index in [0.717, 1.165) is 0 Å². The van der Waals surface area contributed by atoms with Gasteiger partial charge in [-0.05, 0) is 31.2 Å². The summed E-state index contributed by atoms with van der Waals surface area (Å²) >= 11 is 0. The average Bonchev–Trinajstić information content (AvgIpc) is 2.09. The fraction of sp³-hybridized carbons (Fsp3) is 0.100. The highest BCUT2D eigenvalue weighted by Gasteiger charge is 1.98. The summed E-state index contributed by atoms with van der Waals surface area (Å²) in [6.07, 6.45) is 0. The normalized spacial score (nSPS) is 8.38. The number of ether oxygens (including phenoxy) is 1. The molecule has 0 amide bonds. The lowest BCUT2D eigenvalue weighted by Crippen LogP contribution is -2.04. The third kappa shape index (κ3) is 2.88. The number of rotatable bonds is 1. The monoisotopic (exact) mass is 175 g/mol. The quantitative estimate of drug-likeness (QED) is 0.229. The summed E-state index contributed by atoms with van der Waals surface area (Å²) in [5.41, 5.74) is 6.07. The smallest absolute Gasteiger partial charge is 0.389 e. The number of hydrogen-bond donors (Lipinski definition) is 1. The number of nitrogens with two attached hydrogens (primary N) is 1. The Labute approximate surface area is 76.5 Å². The number of hydrogen-bond acceptors (Lipinski definition) is 3. The lowest BCUT2D eigenvalue weighted by Gasteiger charge is -1.99. The van der Waals surface area contributed by atoms with Gasteiger partial charge in [-0.1, -0.05) is 5.92 Å². The van der Waals surface area contributed by atoms with Gasteiger partial charge in [0.05, 0.1) is 0 Å². The van der Waals surface area contributed by atoms with Gasteiger partial charge in [0.1, 0.15) is 5.75 Å². The predicted molar refractivity (Wildman–Crippen MR) is 49.9 cm³/mol. The molecule has 0 spiro atoms. The molecule has 0 unspecified atom stereocenters. The van der Waals surface area contributed by atoms with Crippen molar-refractivity contribution in [2.24, 2.45) is 0 Å². The number of esters is 1. The van der Waals surface area contributed by atoms with Crippen molar-refractivity contribution in [3.05, 3.63) is 24.3 Å². The third-order valence-corrected chi connectivity index (χ3v) is 1.32. The Bertz CT molecular complexity index is 357. The Morgan fingerprint density at radius 2 is 2.00 bits per heavy atom. The van der Waals surface area contributed by atoms with Crippen LogP contribution >= 0.6 is 0 Å². The molecule has 0 bridgehead atoms. The first kappa shape index (κ1) is 9.14. The van der Waals surface area contributed by atoms with Crippen LogP contribution in [0.25, 0.3) is 0 Å². The van der Waals surface area contributed by atoms with Crippen LogP contribution in [0.5, 0.6) is 5.75 Å². The topological polar surface area (TPSA) is 52.3 Å². The van der Waals surface area contributed by atoms with Gasteiger partial charge in [0.25, 0.3) is 0 Å². The van der Waals surface area contributed by atoms with E-state index in [1.54, 1.807) is 31.2 Å². The fourth-order valence-electron chi connectivity index (χ4n) is 0.770. The van der Waals surface area contributed by atoms with Gasteiger partial charge < -0.3 is 10.5 Å². The van der Waals surface area contributed by atoms with Gasteiger partial charge >= 0.3 is 5.97 Å². The van der Waals surface area contributed by atoms with Gasteiger partial charge in [0, 0.05) is 11.6 Å². The molecule has 1 aromatic rings. The molecule has 13 heavy (non-hydrogen) atoms. The second kappa shape index (κ2) is 4.17. The largest absolute Gasteiger partial charge is 0.417 e. The van der Waals surface area contributed by atoms with Crippen LogP contribution in [-0.2, 0) is 4.79 Å². The van der Waals surface area contributed by atoms with E-state index in [-0.39, 0.29) is 0 Å². The van der Waals surface area contributed by atoms with Crippen LogP contribution < -0.4 is 10.5 Å². The van der Waals surface area contributed by atoms with Crippen LogP contribution in [0.2, 0.25) is 0 Å². The Morgan fingerprint density at radius 1 is 1.38 bits per heavy atom. The van der Waals surface area contributed by atoms with Crippen LogP contribution in [-0.4, -0.2) is 5.97 Å². The second-order valence-corrected chi connectivity index (χ2v) is 2.33. The Kier molecular flexibility index (Phi) is 2.93. The zero-order valence-electron chi connectivity index (χ0n) is 7.20. The summed E-state index contributed by atoms with van der Waals surface area (Å²) in [6.45, 7) is 1.57. The summed E-state index contributed by atoms with van der Waals surface area (Å²) in [5.74, 6) is 4.60. The van der Waals surface area contributed by atoms with Gasteiger partial charge in [-0.25, -0.2) is 4.79 Å². The zero-order chi connectivity index (χ0) is 9.68. The van der Waals surface area contributed by atoms with Gasteiger partial charge in [-0.2, -0.15) is 0 Å². The van der Waals surface area contributed by atoms with Crippen LogP contribution in [0, 0.1) is 11.8 Å². The van der Waals surface area contributed by atoms with Crippen molar-refractivity contribution < 1.29 is 9.53 Å². The Balaban J connectivity index is 2.68. The Hall–Kier alpha value is -1.95. The average molecular weight is 175 g/mol. The van der Waals surface area contributed by atoms with Crippen molar-refractivity contribution in [3.8, 4) is 17.6 Å². The third-order valence-electron chi connectivity index (χ3n) is 1.32. The van der Waals surface area contributed by atoms with Crippen LogP contribution in [0.4, 0.5) is 5.69 Å². The molecule has 0 fully saturated rings. The van der Waals surface area contributed by atoms with Gasteiger partial charge in [-0.3, -0.25) is 0 Å². The number of carbonyl (C=O) groups excluding carboxylic acids is 1. The first-order valence-electron chi connectivity index (χ1n) is 3.72. The summed E-state index contributed by atoms with van der Waals surface area (Å²) in [5, 5.41) is 0. The minimum absolute atomic E-state index is 0.446. The standard InChI is InChI=1S/C10H9NO2/c1-2-3-10(12)13-9-6-4-8(11)5-7-9/h4-7H,11H2,1H3. The van der Waals surface area contributed by atoms with E-state index in [1.807, 2.05) is 0 Å². The minimum Gasteiger partial charge on any atom is -0.417 e. The molecule has 0 atom stereocenters. The maximum Gasteiger partial charge on any atom is 0.389 e. The molecule has 0 radical (unpaired) electrons. The molecular formula is C10H9NO2. The highest BCUT2D eigenvalue weighted by Crippen LogP contribution is 2.12.